The standard InChI is InChI=1S/C22H18N4.C12H14N4.C8H6O4.2CH4/c1-13-4-3-5-17(10-13)22-25-19-9-7-16(12-21(19)26-22)15-6-8-18-20(11-15)24-14(2)23-18;13-9-3-1-7(5-11(9)15)8-2-4-10(14)12(16)6-8;9-7(10)5-2-1-3-6(4-5)8(11)12;;/h3-12H,1-2H3,(H,23,24)(H,25,26);1-6H,13-16H2;1-4H,(H,9,10)(H,11,12);2*1H4. The van der Waals surface area contributed by atoms with Crippen LogP contribution in [0.5, 0.6) is 0 Å². The van der Waals surface area contributed by atoms with Crippen LogP contribution in [0.3, 0.4) is 0 Å². The van der Waals surface area contributed by atoms with Gasteiger partial charge in [-0.1, -0.05) is 68.9 Å². The number of H-pyrrole nitrogens is 2. The van der Waals surface area contributed by atoms with Crippen molar-refractivity contribution in [3.05, 3.63) is 144 Å². The number of nitrogens with zero attached hydrogens (tertiary/aromatic N) is 2. The van der Waals surface area contributed by atoms with Crippen molar-refractivity contribution in [3.63, 3.8) is 0 Å². The highest BCUT2D eigenvalue weighted by Gasteiger charge is 2.10. The number of imidazole rings is 2. The van der Waals surface area contributed by atoms with E-state index in [2.05, 4.69) is 82.5 Å². The summed E-state index contributed by atoms with van der Waals surface area (Å²) in [6.07, 6.45) is 0. The van der Waals surface area contributed by atoms with Gasteiger partial charge in [0.15, 0.2) is 0 Å². The van der Waals surface area contributed by atoms with Gasteiger partial charge >= 0.3 is 11.9 Å². The van der Waals surface area contributed by atoms with E-state index in [9.17, 15) is 9.59 Å². The highest BCUT2D eigenvalue weighted by molar-refractivity contribution is 5.93. The summed E-state index contributed by atoms with van der Waals surface area (Å²) in [5.41, 5.74) is 35.7. The molecule has 0 aliphatic rings. The number of hydrogen-bond donors (Lipinski definition) is 8. The van der Waals surface area contributed by atoms with Crippen molar-refractivity contribution in [3.8, 4) is 33.6 Å². The predicted molar refractivity (Wildman–Crippen MR) is 229 cm³/mol. The van der Waals surface area contributed by atoms with Gasteiger partial charge in [0.1, 0.15) is 11.6 Å². The van der Waals surface area contributed by atoms with Gasteiger partial charge in [-0.2, -0.15) is 0 Å². The average Bonchev–Trinajstić information content (AvgIpc) is 3.76. The molecule has 2 aromatic heterocycles. The summed E-state index contributed by atoms with van der Waals surface area (Å²) in [4.78, 5) is 36.7. The minimum Gasteiger partial charge on any atom is -0.478 e. The zero-order chi connectivity index (χ0) is 38.5. The van der Waals surface area contributed by atoms with Crippen molar-refractivity contribution in [2.24, 2.45) is 0 Å². The van der Waals surface area contributed by atoms with Crippen LogP contribution in [0.2, 0.25) is 0 Å². The predicted octanol–water partition coefficient (Wildman–Crippen LogP) is 9.43. The Morgan fingerprint density at radius 3 is 1.46 bits per heavy atom. The Morgan fingerprint density at radius 2 is 0.964 bits per heavy atom. The largest absolute Gasteiger partial charge is 0.478 e. The van der Waals surface area contributed by atoms with Crippen molar-refractivity contribution in [2.75, 3.05) is 22.9 Å². The highest BCUT2D eigenvalue weighted by Crippen LogP contribution is 2.30. The van der Waals surface area contributed by atoms with Crippen LogP contribution in [0.4, 0.5) is 22.7 Å². The summed E-state index contributed by atoms with van der Waals surface area (Å²) in [5.74, 6) is -0.416. The lowest BCUT2D eigenvalue weighted by molar-refractivity contribution is 0.0696. The summed E-state index contributed by atoms with van der Waals surface area (Å²) in [6.45, 7) is 4.07. The molecule has 0 saturated carbocycles. The summed E-state index contributed by atoms with van der Waals surface area (Å²) in [6, 6.07) is 37.2. The van der Waals surface area contributed by atoms with Crippen LogP contribution < -0.4 is 22.9 Å². The number of carboxylic acids is 2. The average molecular weight is 751 g/mol. The molecule has 0 fully saturated rings. The van der Waals surface area contributed by atoms with E-state index in [1.165, 1.54) is 23.8 Å². The molecule has 12 N–H and O–H groups in total. The minimum absolute atomic E-state index is 0. The van der Waals surface area contributed by atoms with Gasteiger partial charge in [0, 0.05) is 5.56 Å². The molecule has 0 aliphatic heterocycles. The fourth-order valence-electron chi connectivity index (χ4n) is 5.73. The van der Waals surface area contributed by atoms with E-state index in [4.69, 9.17) is 38.1 Å². The van der Waals surface area contributed by atoms with Gasteiger partial charge in [0.25, 0.3) is 0 Å². The number of carbonyl (C=O) groups is 2. The molecular formula is C44H46N8O4. The van der Waals surface area contributed by atoms with E-state index in [-0.39, 0.29) is 26.0 Å². The number of carboxylic acid groups (broad SMARTS) is 2. The lowest BCUT2D eigenvalue weighted by atomic mass is 10.0. The molecule has 286 valence electrons. The molecule has 0 saturated heterocycles. The molecule has 8 rings (SSSR count). The third-order valence-corrected chi connectivity index (χ3v) is 8.57. The maximum Gasteiger partial charge on any atom is 0.335 e. The Hall–Kier alpha value is -7.60. The molecule has 0 bridgehead atoms. The van der Waals surface area contributed by atoms with Crippen LogP contribution in [-0.2, 0) is 0 Å². The number of aromatic amines is 2. The van der Waals surface area contributed by atoms with Crippen molar-refractivity contribution in [1.82, 2.24) is 19.9 Å². The fraction of sp³-hybridized carbons (Fsp3) is 0.0909. The number of rotatable bonds is 5. The second-order valence-corrected chi connectivity index (χ2v) is 12.6. The second kappa shape index (κ2) is 17.5. The molecule has 0 spiro atoms. The van der Waals surface area contributed by atoms with Crippen LogP contribution in [0.1, 0.15) is 47.0 Å². The first-order chi connectivity index (χ1) is 25.8. The van der Waals surface area contributed by atoms with Gasteiger partial charge in [0.2, 0.25) is 0 Å². The number of nitrogen functional groups attached to an aromatic ring is 4. The first-order valence-corrected chi connectivity index (χ1v) is 16.7. The normalized spacial score (nSPS) is 10.2. The zero-order valence-electron chi connectivity index (χ0n) is 29.5. The van der Waals surface area contributed by atoms with Gasteiger partial charge in [0.05, 0.1) is 55.9 Å². The molecule has 56 heavy (non-hydrogen) atoms. The molecule has 0 amide bonds. The van der Waals surface area contributed by atoms with Crippen molar-refractivity contribution < 1.29 is 19.8 Å². The second-order valence-electron chi connectivity index (χ2n) is 12.6. The molecule has 12 nitrogen and oxygen atoms in total. The van der Waals surface area contributed by atoms with Gasteiger partial charge in [-0.05, 0) is 109 Å². The van der Waals surface area contributed by atoms with Crippen LogP contribution >= 0.6 is 0 Å². The number of nitrogens with one attached hydrogen (secondary N) is 2. The van der Waals surface area contributed by atoms with E-state index >= 15 is 0 Å². The minimum atomic E-state index is -1.13. The number of aromatic carboxylic acids is 2. The van der Waals surface area contributed by atoms with Crippen molar-refractivity contribution in [1.29, 1.82) is 0 Å². The summed E-state index contributed by atoms with van der Waals surface area (Å²) >= 11 is 0. The maximum absolute atomic E-state index is 10.4. The maximum atomic E-state index is 10.4. The third-order valence-electron chi connectivity index (χ3n) is 8.57. The Balaban J connectivity index is 0.000000200. The first kappa shape index (κ1) is 41.2. The Morgan fingerprint density at radius 1 is 0.500 bits per heavy atom. The van der Waals surface area contributed by atoms with E-state index in [0.29, 0.717) is 22.7 Å². The molecule has 0 atom stereocenters. The number of aromatic nitrogens is 4. The van der Waals surface area contributed by atoms with Crippen LogP contribution in [0.25, 0.3) is 55.7 Å². The lowest BCUT2D eigenvalue weighted by Gasteiger charge is -2.07. The topological polar surface area (TPSA) is 236 Å². The quantitative estimate of drug-likeness (QED) is 0.0775. The molecule has 6 aromatic carbocycles. The van der Waals surface area contributed by atoms with Crippen LogP contribution in [0.15, 0.2) is 121 Å². The number of fused-ring (bicyclic) bond motifs is 2. The molecule has 0 radical (unpaired) electrons. The lowest BCUT2D eigenvalue weighted by Crippen LogP contribution is -2.01. The SMILES string of the molecule is C.C.Cc1cccc(-c2nc3ccc(-c4ccc5nc(C)[nH]c5c4)cc3[nH]2)c1.Nc1ccc(-c2ccc(N)c(N)c2)cc1N.O=C(O)c1cccc(C(=O)O)c1. The zero-order valence-corrected chi connectivity index (χ0v) is 29.5. The van der Waals surface area contributed by atoms with Gasteiger partial charge < -0.3 is 43.1 Å². The van der Waals surface area contributed by atoms with E-state index < -0.39 is 11.9 Å². The third kappa shape index (κ3) is 9.49. The van der Waals surface area contributed by atoms with Crippen LogP contribution in [0, 0.1) is 13.8 Å². The molecule has 8 aromatic rings. The smallest absolute Gasteiger partial charge is 0.335 e. The number of aryl methyl sites for hydroxylation is 2. The number of hydrogen-bond acceptors (Lipinski definition) is 8. The van der Waals surface area contributed by atoms with Crippen molar-refractivity contribution >= 4 is 56.8 Å². The van der Waals surface area contributed by atoms with Gasteiger partial charge in [-0.15, -0.1) is 0 Å². The molecule has 0 unspecified atom stereocenters. The van der Waals surface area contributed by atoms with Crippen LogP contribution in [-0.4, -0.2) is 42.1 Å². The fourth-order valence-corrected chi connectivity index (χ4v) is 5.73. The summed E-state index contributed by atoms with van der Waals surface area (Å²) in [5, 5.41) is 17.0. The highest BCUT2D eigenvalue weighted by atomic mass is 16.4. The van der Waals surface area contributed by atoms with Gasteiger partial charge in [-0.3, -0.25) is 0 Å². The van der Waals surface area contributed by atoms with Gasteiger partial charge in [-0.25, -0.2) is 19.6 Å². The monoisotopic (exact) mass is 750 g/mol. The number of benzene rings is 6. The number of nitrogens with two attached hydrogens (primary N) is 4. The van der Waals surface area contributed by atoms with E-state index in [1.807, 2.05) is 31.2 Å². The number of anilines is 4. The molecule has 2 heterocycles. The Kier molecular flexibility index (Phi) is 12.9. The molecule has 0 aliphatic carbocycles. The van der Waals surface area contributed by atoms with E-state index in [0.717, 1.165) is 67.6 Å². The van der Waals surface area contributed by atoms with Crippen molar-refractivity contribution in [2.45, 2.75) is 28.7 Å². The molecular weight excluding hydrogens is 705 g/mol. The van der Waals surface area contributed by atoms with E-state index in [1.54, 1.807) is 12.1 Å². The molecule has 12 heteroatoms. The Bertz CT molecular complexity index is 2580. The summed E-state index contributed by atoms with van der Waals surface area (Å²) < 4.78 is 0. The summed E-state index contributed by atoms with van der Waals surface area (Å²) in [7, 11) is 0. The Labute approximate surface area is 324 Å². The first-order valence-electron chi connectivity index (χ1n) is 16.7.